The summed E-state index contributed by atoms with van der Waals surface area (Å²) in [5, 5.41) is 0. The van der Waals surface area contributed by atoms with Gasteiger partial charge in [-0.3, -0.25) is 0 Å². The average Bonchev–Trinajstić information content (AvgIpc) is 2.64. The van der Waals surface area contributed by atoms with Gasteiger partial charge in [0.1, 0.15) is 0 Å². The van der Waals surface area contributed by atoms with Crippen LogP contribution in [0, 0.1) is 0 Å². The van der Waals surface area contributed by atoms with Gasteiger partial charge in [0, 0.05) is 0 Å². The lowest BCUT2D eigenvalue weighted by Crippen LogP contribution is -2.30. The Labute approximate surface area is 167 Å². The first-order valence-electron chi connectivity index (χ1n) is 12.2. The molecule has 0 bridgehead atoms. The van der Waals surface area contributed by atoms with Gasteiger partial charge in [0.05, 0.1) is 0 Å². The summed E-state index contributed by atoms with van der Waals surface area (Å²) in [6.45, 7) is 17.2. The molecule has 0 fully saturated rings. The molecular formula is C24H52N2. The second-order valence-corrected chi connectivity index (χ2v) is 8.22. The number of unbranched alkanes of at least 4 members (excludes halogenated alkanes) is 9. The van der Waals surface area contributed by atoms with Crippen LogP contribution >= 0.6 is 0 Å². The summed E-state index contributed by atoms with van der Waals surface area (Å²) in [5.74, 6) is 0. The third kappa shape index (κ3) is 17.3. The van der Waals surface area contributed by atoms with Crippen LogP contribution in [0.15, 0.2) is 0 Å². The molecule has 158 valence electrons. The highest BCUT2D eigenvalue weighted by Gasteiger charge is 2.07. The maximum Gasteiger partial charge on any atom is -0.00183 e. The van der Waals surface area contributed by atoms with Crippen molar-refractivity contribution in [2.45, 2.75) is 118 Å². The minimum atomic E-state index is 1.32. The molecule has 0 atom stereocenters. The second kappa shape index (κ2) is 21.2. The van der Waals surface area contributed by atoms with Gasteiger partial charge in [-0.05, 0) is 77.8 Å². The lowest BCUT2D eigenvalue weighted by molar-refractivity contribution is 0.230. The van der Waals surface area contributed by atoms with Crippen LogP contribution in [0.5, 0.6) is 0 Å². The molecule has 0 spiro atoms. The molecule has 0 aromatic rings. The summed E-state index contributed by atoms with van der Waals surface area (Å²) >= 11 is 0. The van der Waals surface area contributed by atoms with E-state index in [1.54, 1.807) is 0 Å². The van der Waals surface area contributed by atoms with Crippen molar-refractivity contribution in [2.75, 3.05) is 39.3 Å². The quantitative estimate of drug-likeness (QED) is 0.199. The predicted octanol–water partition coefficient (Wildman–Crippen LogP) is 7.13. The van der Waals surface area contributed by atoms with Crippen molar-refractivity contribution >= 4 is 0 Å². The van der Waals surface area contributed by atoms with Gasteiger partial charge >= 0.3 is 0 Å². The molecule has 0 radical (unpaired) electrons. The van der Waals surface area contributed by atoms with Gasteiger partial charge in [-0.1, -0.05) is 79.1 Å². The summed E-state index contributed by atoms with van der Waals surface area (Å²) in [5.41, 5.74) is 0. The Morgan fingerprint density at radius 2 is 0.500 bits per heavy atom. The highest BCUT2D eigenvalue weighted by molar-refractivity contribution is 4.63. The Bertz CT molecular complexity index is 209. The van der Waals surface area contributed by atoms with Crippen LogP contribution in [-0.2, 0) is 0 Å². The lowest BCUT2D eigenvalue weighted by atomic mass is 10.1. The van der Waals surface area contributed by atoms with Crippen molar-refractivity contribution < 1.29 is 0 Å². The third-order valence-corrected chi connectivity index (χ3v) is 5.51. The highest BCUT2D eigenvalue weighted by Crippen LogP contribution is 2.07. The number of hydrogen-bond acceptors (Lipinski definition) is 2. The molecule has 26 heavy (non-hydrogen) atoms. The Balaban J connectivity index is 4.04. The molecule has 0 unspecified atom stereocenters. The molecule has 0 saturated carbocycles. The monoisotopic (exact) mass is 368 g/mol. The zero-order valence-electron chi connectivity index (χ0n) is 19.0. The highest BCUT2D eigenvalue weighted by atomic mass is 15.1. The van der Waals surface area contributed by atoms with E-state index in [1.807, 2.05) is 0 Å². The van der Waals surface area contributed by atoms with E-state index in [9.17, 15) is 0 Å². The summed E-state index contributed by atoms with van der Waals surface area (Å²) in [6.07, 6.45) is 19.3. The first-order chi connectivity index (χ1) is 12.8. The molecule has 0 heterocycles. The Hall–Kier alpha value is -0.0800. The van der Waals surface area contributed by atoms with Gasteiger partial charge in [0.25, 0.3) is 0 Å². The Morgan fingerprint density at radius 1 is 0.308 bits per heavy atom. The van der Waals surface area contributed by atoms with Crippen LogP contribution in [0.25, 0.3) is 0 Å². The minimum Gasteiger partial charge on any atom is -0.303 e. The molecule has 0 aliphatic heterocycles. The van der Waals surface area contributed by atoms with Crippen LogP contribution in [0.3, 0.4) is 0 Å². The topological polar surface area (TPSA) is 6.48 Å². The van der Waals surface area contributed by atoms with Crippen molar-refractivity contribution in [3.05, 3.63) is 0 Å². The van der Waals surface area contributed by atoms with E-state index in [-0.39, 0.29) is 0 Å². The Kier molecular flexibility index (Phi) is 21.2. The molecule has 0 aromatic heterocycles. The van der Waals surface area contributed by atoms with E-state index in [1.165, 1.54) is 129 Å². The maximum absolute atomic E-state index is 2.75. The Morgan fingerprint density at radius 3 is 0.692 bits per heavy atom. The van der Waals surface area contributed by atoms with Crippen LogP contribution in [0.2, 0.25) is 0 Å². The van der Waals surface area contributed by atoms with Crippen LogP contribution in [-0.4, -0.2) is 49.1 Å². The van der Waals surface area contributed by atoms with E-state index in [0.717, 1.165) is 0 Å². The summed E-state index contributed by atoms with van der Waals surface area (Å²) < 4.78 is 0. The first kappa shape index (κ1) is 25.9. The molecule has 0 saturated heterocycles. The van der Waals surface area contributed by atoms with E-state index >= 15 is 0 Å². The van der Waals surface area contributed by atoms with Gasteiger partial charge in [0.2, 0.25) is 0 Å². The second-order valence-electron chi connectivity index (χ2n) is 8.22. The summed E-state index contributed by atoms with van der Waals surface area (Å²) in [7, 11) is 0. The van der Waals surface area contributed by atoms with Crippen LogP contribution in [0.1, 0.15) is 118 Å². The lowest BCUT2D eigenvalue weighted by Gasteiger charge is -2.25. The zero-order chi connectivity index (χ0) is 19.3. The average molecular weight is 369 g/mol. The smallest absolute Gasteiger partial charge is 0.00183 e. The standard InChI is InChI=1S/C24H52N2/c1-5-9-13-19-25(20-14-10-6-2)23-17-18-24-26(21-15-11-7-3)22-16-12-8-4/h5-24H2,1-4H3. The molecule has 0 aliphatic carbocycles. The van der Waals surface area contributed by atoms with Gasteiger partial charge in [0.15, 0.2) is 0 Å². The van der Waals surface area contributed by atoms with E-state index in [4.69, 9.17) is 0 Å². The third-order valence-electron chi connectivity index (χ3n) is 5.51. The number of rotatable bonds is 21. The van der Waals surface area contributed by atoms with Gasteiger partial charge in [-0.2, -0.15) is 0 Å². The number of nitrogens with zero attached hydrogens (tertiary/aromatic N) is 2. The normalized spacial score (nSPS) is 11.8. The van der Waals surface area contributed by atoms with Crippen molar-refractivity contribution in [1.82, 2.24) is 9.80 Å². The number of hydrogen-bond donors (Lipinski definition) is 0. The molecule has 0 amide bonds. The van der Waals surface area contributed by atoms with Gasteiger partial charge in [-0.15, -0.1) is 0 Å². The summed E-state index contributed by atoms with van der Waals surface area (Å²) in [6, 6.07) is 0. The minimum absolute atomic E-state index is 1.32. The fraction of sp³-hybridized carbons (Fsp3) is 1.00. The largest absolute Gasteiger partial charge is 0.303 e. The predicted molar refractivity (Wildman–Crippen MR) is 120 cm³/mol. The fourth-order valence-electron chi connectivity index (χ4n) is 3.68. The van der Waals surface area contributed by atoms with Crippen LogP contribution < -0.4 is 0 Å². The summed E-state index contributed by atoms with van der Waals surface area (Å²) in [4.78, 5) is 5.51. The zero-order valence-corrected chi connectivity index (χ0v) is 19.0. The molecule has 2 heteroatoms. The van der Waals surface area contributed by atoms with Crippen molar-refractivity contribution in [3.63, 3.8) is 0 Å². The van der Waals surface area contributed by atoms with Gasteiger partial charge < -0.3 is 9.80 Å². The maximum atomic E-state index is 2.75. The molecule has 0 rings (SSSR count). The SMILES string of the molecule is CCCCCN(CCCCC)CCCCN(CCCCC)CCCCC. The van der Waals surface area contributed by atoms with Crippen molar-refractivity contribution in [2.24, 2.45) is 0 Å². The van der Waals surface area contributed by atoms with Crippen LogP contribution in [0.4, 0.5) is 0 Å². The van der Waals surface area contributed by atoms with E-state index in [0.29, 0.717) is 0 Å². The van der Waals surface area contributed by atoms with E-state index < -0.39 is 0 Å². The van der Waals surface area contributed by atoms with Crippen molar-refractivity contribution in [3.8, 4) is 0 Å². The molecule has 0 aliphatic rings. The molecule has 0 aromatic carbocycles. The molecule has 0 N–H and O–H groups in total. The fourth-order valence-corrected chi connectivity index (χ4v) is 3.68. The van der Waals surface area contributed by atoms with Gasteiger partial charge in [-0.25, -0.2) is 0 Å². The van der Waals surface area contributed by atoms with E-state index in [2.05, 4.69) is 37.5 Å². The molecular weight excluding hydrogens is 316 g/mol. The van der Waals surface area contributed by atoms with Crippen molar-refractivity contribution in [1.29, 1.82) is 0 Å². The first-order valence-corrected chi connectivity index (χ1v) is 12.2. The molecule has 2 nitrogen and oxygen atoms in total.